The fourth-order valence-corrected chi connectivity index (χ4v) is 1.51. The van der Waals surface area contributed by atoms with Gasteiger partial charge in [0.1, 0.15) is 0 Å². The lowest BCUT2D eigenvalue weighted by atomic mass is 9.99. The first-order valence-electron chi connectivity index (χ1n) is 6.07. The first kappa shape index (κ1) is 14.9. The van der Waals surface area contributed by atoms with E-state index in [0.717, 1.165) is 5.69 Å². The Bertz CT molecular complexity index is 432. The molecule has 1 aromatic rings. The number of carboxylic acid groups (broad SMARTS) is 1. The Kier molecular flexibility index (Phi) is 5.29. The zero-order valence-electron chi connectivity index (χ0n) is 11.1. The highest BCUT2D eigenvalue weighted by molar-refractivity contribution is 5.74. The second kappa shape index (κ2) is 6.72. The second-order valence-electron chi connectivity index (χ2n) is 4.91. The van der Waals surface area contributed by atoms with Crippen LogP contribution >= 0.6 is 0 Å². The Labute approximate surface area is 112 Å². The van der Waals surface area contributed by atoms with Crippen molar-refractivity contribution in [2.45, 2.75) is 38.8 Å². The highest BCUT2D eigenvalue weighted by Gasteiger charge is 2.21. The van der Waals surface area contributed by atoms with E-state index in [1.54, 1.807) is 26.1 Å². The number of rotatable bonds is 6. The van der Waals surface area contributed by atoms with Crippen LogP contribution in [0, 0.1) is 0 Å². The van der Waals surface area contributed by atoms with Crippen LogP contribution in [-0.4, -0.2) is 27.6 Å². The summed E-state index contributed by atoms with van der Waals surface area (Å²) in [6, 6.07) is 5.13. The van der Waals surface area contributed by atoms with Crippen molar-refractivity contribution in [3.63, 3.8) is 0 Å². The van der Waals surface area contributed by atoms with Crippen LogP contribution in [0.4, 0.5) is 4.79 Å². The normalized spacial score (nSPS) is 10.8. The molecule has 0 spiro atoms. The average molecular weight is 265 g/mol. The van der Waals surface area contributed by atoms with Crippen molar-refractivity contribution in [1.29, 1.82) is 0 Å². The second-order valence-corrected chi connectivity index (χ2v) is 4.91. The number of pyridine rings is 1. The maximum atomic E-state index is 11.7. The fourth-order valence-electron chi connectivity index (χ4n) is 1.51. The molecule has 0 unspecified atom stereocenters. The van der Waals surface area contributed by atoms with Crippen molar-refractivity contribution in [2.75, 3.05) is 0 Å². The number of urea groups is 1. The SMILES string of the molecule is CC(C)(CCC(=O)O)NC(=O)NCc1ccccn1. The van der Waals surface area contributed by atoms with Gasteiger partial charge in [0.15, 0.2) is 0 Å². The van der Waals surface area contributed by atoms with Gasteiger partial charge in [-0.25, -0.2) is 4.79 Å². The summed E-state index contributed by atoms with van der Waals surface area (Å²) < 4.78 is 0. The predicted molar refractivity (Wildman–Crippen MR) is 70.6 cm³/mol. The minimum Gasteiger partial charge on any atom is -0.481 e. The summed E-state index contributed by atoms with van der Waals surface area (Å²) in [6.07, 6.45) is 2.05. The van der Waals surface area contributed by atoms with E-state index in [9.17, 15) is 9.59 Å². The largest absolute Gasteiger partial charge is 0.481 e. The number of nitrogens with zero attached hydrogens (tertiary/aromatic N) is 1. The summed E-state index contributed by atoms with van der Waals surface area (Å²) in [5.74, 6) is -0.872. The van der Waals surface area contributed by atoms with Gasteiger partial charge in [-0.05, 0) is 32.4 Å². The lowest BCUT2D eigenvalue weighted by Crippen LogP contribution is -2.48. The number of carboxylic acids is 1. The van der Waals surface area contributed by atoms with E-state index in [1.165, 1.54) is 0 Å². The standard InChI is InChI=1S/C13H19N3O3/c1-13(2,7-6-11(17)18)16-12(19)15-9-10-5-3-4-8-14-10/h3-5,8H,6-7,9H2,1-2H3,(H,17,18)(H2,15,16,19). The molecule has 3 N–H and O–H groups in total. The maximum absolute atomic E-state index is 11.7. The molecule has 0 aliphatic heterocycles. The lowest BCUT2D eigenvalue weighted by molar-refractivity contribution is -0.137. The number of hydrogen-bond acceptors (Lipinski definition) is 3. The van der Waals surface area contributed by atoms with Gasteiger partial charge < -0.3 is 15.7 Å². The Hall–Kier alpha value is -2.11. The molecule has 104 valence electrons. The summed E-state index contributed by atoms with van der Waals surface area (Å²) >= 11 is 0. The van der Waals surface area contributed by atoms with Gasteiger partial charge in [0.25, 0.3) is 0 Å². The monoisotopic (exact) mass is 265 g/mol. The first-order valence-corrected chi connectivity index (χ1v) is 6.07. The van der Waals surface area contributed by atoms with Crippen molar-refractivity contribution < 1.29 is 14.7 Å². The molecule has 6 nitrogen and oxygen atoms in total. The van der Waals surface area contributed by atoms with E-state index in [4.69, 9.17) is 5.11 Å². The van der Waals surface area contributed by atoms with Crippen LogP contribution in [0.15, 0.2) is 24.4 Å². The molecule has 1 heterocycles. The van der Waals surface area contributed by atoms with Crippen molar-refractivity contribution in [1.82, 2.24) is 15.6 Å². The molecule has 0 aromatic carbocycles. The van der Waals surface area contributed by atoms with Crippen LogP contribution in [0.5, 0.6) is 0 Å². The molecular formula is C13H19N3O3. The fraction of sp³-hybridized carbons (Fsp3) is 0.462. The molecule has 0 radical (unpaired) electrons. The number of hydrogen-bond donors (Lipinski definition) is 3. The van der Waals surface area contributed by atoms with E-state index in [-0.39, 0.29) is 12.5 Å². The van der Waals surface area contributed by atoms with Crippen LogP contribution in [0.1, 0.15) is 32.4 Å². The number of aromatic nitrogens is 1. The quantitative estimate of drug-likeness (QED) is 0.727. The van der Waals surface area contributed by atoms with Gasteiger partial charge in [-0.3, -0.25) is 9.78 Å². The summed E-state index contributed by atoms with van der Waals surface area (Å²) in [6.45, 7) is 3.91. The van der Waals surface area contributed by atoms with E-state index in [2.05, 4.69) is 15.6 Å². The molecule has 1 rings (SSSR count). The maximum Gasteiger partial charge on any atom is 0.315 e. The van der Waals surface area contributed by atoms with Crippen molar-refractivity contribution >= 4 is 12.0 Å². The minimum atomic E-state index is -0.872. The highest BCUT2D eigenvalue weighted by Crippen LogP contribution is 2.10. The third-order valence-electron chi connectivity index (χ3n) is 2.57. The molecule has 0 saturated carbocycles. The van der Waals surface area contributed by atoms with Crippen LogP contribution < -0.4 is 10.6 Å². The molecule has 19 heavy (non-hydrogen) atoms. The molecule has 0 aliphatic rings. The molecule has 2 amide bonds. The number of nitrogens with one attached hydrogen (secondary N) is 2. The topological polar surface area (TPSA) is 91.3 Å². The van der Waals surface area contributed by atoms with E-state index in [0.29, 0.717) is 13.0 Å². The molecule has 0 bridgehead atoms. The molecule has 0 fully saturated rings. The molecule has 0 aliphatic carbocycles. The summed E-state index contributed by atoms with van der Waals surface area (Å²) in [7, 11) is 0. The summed E-state index contributed by atoms with van der Waals surface area (Å²) in [4.78, 5) is 26.3. The van der Waals surface area contributed by atoms with Gasteiger partial charge in [-0.15, -0.1) is 0 Å². The van der Waals surface area contributed by atoms with Crippen LogP contribution in [0.25, 0.3) is 0 Å². The minimum absolute atomic E-state index is 0.0214. The van der Waals surface area contributed by atoms with Crippen molar-refractivity contribution in [3.05, 3.63) is 30.1 Å². The van der Waals surface area contributed by atoms with Crippen molar-refractivity contribution in [3.8, 4) is 0 Å². The third kappa shape index (κ3) is 6.40. The van der Waals surface area contributed by atoms with Crippen LogP contribution in [0.2, 0.25) is 0 Å². The van der Waals surface area contributed by atoms with Crippen LogP contribution in [0.3, 0.4) is 0 Å². The van der Waals surface area contributed by atoms with Gasteiger partial charge in [0.2, 0.25) is 0 Å². The summed E-state index contributed by atoms with van der Waals surface area (Å²) in [5, 5.41) is 14.0. The highest BCUT2D eigenvalue weighted by atomic mass is 16.4. The van der Waals surface area contributed by atoms with Gasteiger partial charge in [-0.2, -0.15) is 0 Å². The zero-order valence-corrected chi connectivity index (χ0v) is 11.1. The summed E-state index contributed by atoms with van der Waals surface area (Å²) in [5.41, 5.74) is 0.202. The van der Waals surface area contributed by atoms with Crippen molar-refractivity contribution in [2.24, 2.45) is 0 Å². The number of carbonyl (C=O) groups excluding carboxylic acids is 1. The molecule has 0 atom stereocenters. The van der Waals surface area contributed by atoms with Gasteiger partial charge in [0, 0.05) is 18.2 Å². The van der Waals surface area contributed by atoms with E-state index < -0.39 is 11.5 Å². The Balaban J connectivity index is 2.36. The molecule has 0 saturated heterocycles. The predicted octanol–water partition coefficient (Wildman–Crippen LogP) is 1.52. The van der Waals surface area contributed by atoms with E-state index >= 15 is 0 Å². The Morgan fingerprint density at radius 1 is 1.37 bits per heavy atom. The van der Waals surface area contributed by atoms with Gasteiger partial charge in [-0.1, -0.05) is 6.07 Å². The molecule has 1 aromatic heterocycles. The van der Waals surface area contributed by atoms with Gasteiger partial charge in [0.05, 0.1) is 12.2 Å². The smallest absolute Gasteiger partial charge is 0.315 e. The first-order chi connectivity index (χ1) is 8.89. The lowest BCUT2D eigenvalue weighted by Gasteiger charge is -2.25. The number of amides is 2. The van der Waals surface area contributed by atoms with Gasteiger partial charge >= 0.3 is 12.0 Å². The third-order valence-corrected chi connectivity index (χ3v) is 2.57. The average Bonchev–Trinajstić information content (AvgIpc) is 2.35. The number of carbonyl (C=O) groups is 2. The van der Waals surface area contributed by atoms with Crippen LogP contribution in [-0.2, 0) is 11.3 Å². The Morgan fingerprint density at radius 2 is 2.11 bits per heavy atom. The Morgan fingerprint density at radius 3 is 2.68 bits per heavy atom. The molecular weight excluding hydrogens is 246 g/mol. The zero-order chi connectivity index (χ0) is 14.3. The number of aliphatic carboxylic acids is 1. The molecule has 6 heteroatoms. The van der Waals surface area contributed by atoms with E-state index in [1.807, 2.05) is 12.1 Å².